The first-order chi connectivity index (χ1) is 32.8. The van der Waals surface area contributed by atoms with Crippen LogP contribution in [0.3, 0.4) is 0 Å². The second kappa shape index (κ2) is 90.9. The van der Waals surface area contributed by atoms with Gasteiger partial charge in [0, 0.05) is 0 Å². The van der Waals surface area contributed by atoms with Crippen molar-refractivity contribution in [1.82, 2.24) is 56.0 Å². The van der Waals surface area contributed by atoms with Crippen molar-refractivity contribution >= 4 is 160 Å². The van der Waals surface area contributed by atoms with Crippen LogP contribution in [0.25, 0.3) is 0 Å². The lowest BCUT2D eigenvalue weighted by Crippen LogP contribution is -1.88. The summed E-state index contributed by atoms with van der Waals surface area (Å²) in [5.74, 6) is 0. The van der Waals surface area contributed by atoms with E-state index < -0.39 is 47.4 Å². The van der Waals surface area contributed by atoms with Crippen molar-refractivity contribution in [2.45, 2.75) is 0 Å². The molecule has 0 radical (unpaired) electrons. The highest BCUT2D eigenvalue weighted by Crippen LogP contribution is 2.37. The number of nitrogens with zero attached hydrogens (tertiary/aromatic N) is 12. The Morgan fingerprint density at radius 1 is 0.179 bits per heavy atom. The van der Waals surface area contributed by atoms with Gasteiger partial charge in [-0.1, -0.05) is 113 Å². The van der Waals surface area contributed by atoms with Crippen molar-refractivity contribution in [2.75, 3.05) is 169 Å². The first-order valence-corrected chi connectivity index (χ1v) is 33.6. The Morgan fingerprint density at radius 2 is 0.179 bits per heavy atom. The van der Waals surface area contributed by atoms with Crippen LogP contribution in [-0.2, 0) is 27.4 Å². The normalized spacial score (nSPS) is 10.1. The second-order valence-electron chi connectivity index (χ2n) is 14.4. The minimum absolute atomic E-state index is 1.92. The molecule has 30 nitrogen and oxygen atoms in total. The van der Waals surface area contributed by atoms with E-state index in [0.717, 1.165) is 0 Å². The standard InChI is InChI=1S/12C2H8NP.6FH2O3P/c12*1-3(2)4;6*1-5(2,3)4/h12*4H2,1-2H3;6*(H2,2,3,4). The van der Waals surface area contributed by atoms with E-state index >= 15 is 0 Å². The lowest BCUT2D eigenvalue weighted by Gasteiger charge is -1.90. The first-order valence-electron chi connectivity index (χ1n) is 18.3. The molecule has 0 saturated heterocycles. The monoisotopic (exact) mass is 1520 g/mol. The van der Waals surface area contributed by atoms with Gasteiger partial charge in [0.1, 0.15) is 0 Å². The molecule has 0 aromatic carbocycles. The summed E-state index contributed by atoms with van der Waals surface area (Å²) in [5.41, 5.74) is 0. The minimum atomic E-state index is -5.14. The molecule has 0 aliphatic carbocycles. The van der Waals surface area contributed by atoms with Gasteiger partial charge in [-0.05, 0) is 169 Å². The van der Waals surface area contributed by atoms with E-state index in [2.05, 4.69) is 113 Å². The fourth-order valence-corrected chi connectivity index (χ4v) is 0. The molecule has 0 spiro atoms. The third-order valence-electron chi connectivity index (χ3n) is 0. The Labute approximate surface area is 494 Å². The van der Waals surface area contributed by atoms with E-state index in [1.807, 2.05) is 225 Å². The quantitative estimate of drug-likeness (QED) is 0.118. The van der Waals surface area contributed by atoms with E-state index in [-0.39, 0.29) is 0 Å². The molecule has 0 aliphatic heterocycles. The zero-order chi connectivity index (χ0) is 69.9. The highest BCUT2D eigenvalue weighted by Gasteiger charge is 2.07. The van der Waals surface area contributed by atoms with Crippen molar-refractivity contribution < 1.29 is 111 Å². The maximum Gasteiger partial charge on any atom is 0.507 e. The van der Waals surface area contributed by atoms with Gasteiger partial charge in [0.2, 0.25) is 0 Å². The number of rotatable bonds is 0. The number of halogens is 6. The Hall–Kier alpha value is 5.16. The van der Waals surface area contributed by atoms with Crippen LogP contribution in [0, 0.1) is 0 Å². The zero-order valence-electron chi connectivity index (χ0n) is 49.1. The number of hydrogen-bond donors (Lipinski definition) is 12. The predicted octanol–water partition coefficient (Wildman–Crippen LogP) is 4.35. The molecule has 504 valence electrons. The van der Waals surface area contributed by atoms with Gasteiger partial charge >= 0.3 is 47.4 Å². The zero-order valence-corrected chi connectivity index (χ0v) is 68.3. The third kappa shape index (κ3) is 19600. The van der Waals surface area contributed by atoms with Gasteiger partial charge in [0.25, 0.3) is 0 Å². The van der Waals surface area contributed by atoms with Gasteiger partial charge in [-0.25, -0.2) is 27.4 Å². The molecule has 0 rings (SSSR count). The largest absolute Gasteiger partial charge is 0.507 e. The van der Waals surface area contributed by atoms with Gasteiger partial charge in [0.05, 0.1) is 0 Å². The van der Waals surface area contributed by atoms with E-state index in [9.17, 15) is 25.2 Å². The molecule has 0 aromatic rings. The summed E-state index contributed by atoms with van der Waals surface area (Å²) in [5, 5.41) is 0. The van der Waals surface area contributed by atoms with Gasteiger partial charge in [-0.15, -0.1) is 25.2 Å². The average Bonchev–Trinajstić information content (AvgIpc) is 2.87. The third-order valence-corrected chi connectivity index (χ3v) is 0. The van der Waals surface area contributed by atoms with Crippen molar-refractivity contribution in [3.63, 3.8) is 0 Å². The first kappa shape index (κ1) is 132. The van der Waals surface area contributed by atoms with Gasteiger partial charge in [-0.3, -0.25) is 115 Å². The SMILES string of the molecule is CN(C)P.CN(C)P.CN(C)P.CN(C)P.CN(C)P.CN(C)P.CN(C)P.CN(C)P.CN(C)P.CN(C)P.CN(C)P.CN(C)P.O=P(O)(O)F.O=P(O)(O)F.O=P(O)(O)F.O=P(O)(O)F.O=P(O)(O)F.O=P(O)(O)F. The van der Waals surface area contributed by atoms with Crippen LogP contribution in [0.4, 0.5) is 25.2 Å². The van der Waals surface area contributed by atoms with Crippen LogP contribution in [0.15, 0.2) is 0 Å². The molecule has 0 aliphatic rings. The maximum atomic E-state index is 10.4. The van der Waals surface area contributed by atoms with Crippen molar-refractivity contribution in [3.05, 3.63) is 0 Å². The van der Waals surface area contributed by atoms with Crippen LogP contribution in [0.5, 0.6) is 0 Å². The summed E-state index contributed by atoms with van der Waals surface area (Å²) < 4.78 is 137. The van der Waals surface area contributed by atoms with Crippen LogP contribution >= 0.6 is 160 Å². The minimum Gasteiger partial charge on any atom is -0.299 e. The molecule has 0 saturated carbocycles. The number of hydrogen-bond acceptors (Lipinski definition) is 18. The second-order valence-corrected chi connectivity index (χ2v) is 32.5. The Balaban J connectivity index is -0.0000000306. The van der Waals surface area contributed by atoms with E-state index in [1.54, 1.807) is 0 Å². The molecular weight excluding hydrogens is 1420 g/mol. The Morgan fingerprint density at radius 3 is 0.179 bits per heavy atom. The van der Waals surface area contributed by atoms with E-state index in [0.29, 0.717) is 0 Å². The summed E-state index contributed by atoms with van der Waals surface area (Å²) in [4.78, 5) is 83.6. The summed E-state index contributed by atoms with van der Waals surface area (Å²) in [6.45, 7) is 0. The molecule has 0 heterocycles. The van der Waals surface area contributed by atoms with Gasteiger partial charge < -0.3 is 0 Å². The predicted molar refractivity (Wildman–Crippen MR) is 360 cm³/mol. The highest BCUT2D eigenvalue weighted by molar-refractivity contribution is 7.47. The average molecular weight is 1520 g/mol. The van der Waals surface area contributed by atoms with Crippen LogP contribution in [0.1, 0.15) is 0 Å². The van der Waals surface area contributed by atoms with Crippen LogP contribution in [0.2, 0.25) is 0 Å². The van der Waals surface area contributed by atoms with Crippen LogP contribution < -0.4 is 0 Å². The molecule has 0 bridgehead atoms. The van der Waals surface area contributed by atoms with Crippen molar-refractivity contribution in [2.24, 2.45) is 0 Å². The van der Waals surface area contributed by atoms with E-state index in [4.69, 9.17) is 86.1 Å². The summed E-state index contributed by atoms with van der Waals surface area (Å²) in [7, 11) is 46.2. The molecule has 0 amide bonds. The lowest BCUT2D eigenvalue weighted by atomic mass is 11.3. The molecule has 0 aromatic heterocycles. The molecule has 54 heteroatoms. The lowest BCUT2D eigenvalue weighted by molar-refractivity contribution is 0.320. The highest BCUT2D eigenvalue weighted by atomic mass is 31.2. The molecule has 78 heavy (non-hydrogen) atoms. The summed E-state index contributed by atoms with van der Waals surface area (Å²) in [6, 6.07) is 0. The molecule has 12 unspecified atom stereocenters. The Bertz CT molecular complexity index is 973. The Kier molecular flexibility index (Phi) is 154. The van der Waals surface area contributed by atoms with Gasteiger partial charge in [-0.2, -0.15) is 0 Å². The summed E-state index contributed by atoms with van der Waals surface area (Å²) in [6.07, 6.45) is 0. The fourth-order valence-electron chi connectivity index (χ4n) is 0. The maximum absolute atomic E-state index is 10.4. The smallest absolute Gasteiger partial charge is 0.299 e. The van der Waals surface area contributed by atoms with Crippen molar-refractivity contribution in [1.29, 1.82) is 0 Å². The van der Waals surface area contributed by atoms with E-state index in [1.165, 1.54) is 0 Å². The van der Waals surface area contributed by atoms with Crippen molar-refractivity contribution in [3.8, 4) is 0 Å². The van der Waals surface area contributed by atoms with Crippen LogP contribution in [-0.4, -0.2) is 284 Å². The summed E-state index contributed by atoms with van der Waals surface area (Å²) >= 11 is 0. The molecular formula is C24H108F6N12O18P18. The topological polar surface area (TPSA) is 384 Å². The molecule has 0 fully saturated rings. The van der Waals surface area contributed by atoms with Gasteiger partial charge in [0.15, 0.2) is 0 Å². The fraction of sp³-hybridized carbons (Fsp3) is 1.00. The molecule has 12 N–H and O–H groups in total. The molecule has 12 atom stereocenters.